The molecule has 0 N–H and O–H groups in total. The lowest BCUT2D eigenvalue weighted by Crippen LogP contribution is -2.44. The molecule has 0 spiro atoms. The number of likely N-dealkylation sites (tertiary alicyclic amines) is 2. The lowest BCUT2D eigenvalue weighted by atomic mass is 10.0. The summed E-state index contributed by atoms with van der Waals surface area (Å²) in [5.41, 5.74) is 0.659. The Kier molecular flexibility index (Phi) is 6.25. The van der Waals surface area contributed by atoms with Crippen LogP contribution in [-0.2, 0) is 11.0 Å². The van der Waals surface area contributed by atoms with Crippen LogP contribution in [-0.4, -0.2) is 47.9 Å². The van der Waals surface area contributed by atoms with Crippen molar-refractivity contribution in [3.05, 3.63) is 41.5 Å². The Morgan fingerprint density at radius 2 is 1.74 bits per heavy atom. The molecule has 0 saturated carbocycles. The molecule has 3 nitrogen and oxygen atoms in total. The molecule has 2 fully saturated rings. The number of hydrogen-bond donors (Lipinski definition) is 0. The van der Waals surface area contributed by atoms with E-state index in [1.54, 1.807) is 13.0 Å². The number of alkyl halides is 3. The number of carbonyl (C=O) groups is 1. The first kappa shape index (κ1) is 19.9. The molecule has 1 atom stereocenters. The number of allylic oxidation sites excluding steroid dienone is 1. The number of benzene rings is 1. The van der Waals surface area contributed by atoms with Crippen LogP contribution >= 0.6 is 0 Å². The highest BCUT2D eigenvalue weighted by molar-refractivity contribution is 5.95. The van der Waals surface area contributed by atoms with Gasteiger partial charge in [0, 0.05) is 25.2 Å². The molecule has 27 heavy (non-hydrogen) atoms. The normalized spacial score (nSPS) is 22.3. The van der Waals surface area contributed by atoms with Crippen LogP contribution in [0.3, 0.4) is 0 Å². The lowest BCUT2D eigenvalue weighted by Gasteiger charge is -2.32. The minimum atomic E-state index is -4.34. The van der Waals surface area contributed by atoms with Gasteiger partial charge in [-0.3, -0.25) is 4.79 Å². The Balaban J connectivity index is 1.65. The second-order valence-electron chi connectivity index (χ2n) is 7.59. The molecule has 1 amide bonds. The Morgan fingerprint density at radius 1 is 1.07 bits per heavy atom. The van der Waals surface area contributed by atoms with Crippen LogP contribution in [0.1, 0.15) is 50.2 Å². The van der Waals surface area contributed by atoms with Crippen LogP contribution in [0.4, 0.5) is 13.2 Å². The van der Waals surface area contributed by atoms with E-state index in [0.717, 1.165) is 51.2 Å². The third-order valence-corrected chi connectivity index (χ3v) is 5.59. The van der Waals surface area contributed by atoms with E-state index >= 15 is 0 Å². The average molecular weight is 380 g/mol. The molecule has 0 unspecified atom stereocenters. The van der Waals surface area contributed by atoms with E-state index in [2.05, 4.69) is 4.90 Å². The van der Waals surface area contributed by atoms with Crippen LogP contribution in [0.2, 0.25) is 0 Å². The number of amides is 1. The van der Waals surface area contributed by atoms with Crippen LogP contribution in [0, 0.1) is 0 Å². The maximum Gasteiger partial charge on any atom is 0.416 e. The van der Waals surface area contributed by atoms with Gasteiger partial charge in [-0.25, -0.2) is 0 Å². The first-order chi connectivity index (χ1) is 12.8. The zero-order valence-electron chi connectivity index (χ0n) is 15.8. The zero-order chi connectivity index (χ0) is 19.4. The lowest BCUT2D eigenvalue weighted by molar-refractivity contribution is -0.137. The van der Waals surface area contributed by atoms with Crippen molar-refractivity contribution in [1.29, 1.82) is 0 Å². The van der Waals surface area contributed by atoms with Crippen molar-refractivity contribution in [3.8, 4) is 0 Å². The Hall–Kier alpha value is -1.82. The third-order valence-electron chi connectivity index (χ3n) is 5.59. The summed E-state index contributed by atoms with van der Waals surface area (Å²) in [7, 11) is 0. The van der Waals surface area contributed by atoms with Gasteiger partial charge in [-0.1, -0.05) is 18.6 Å². The quantitative estimate of drug-likeness (QED) is 0.714. The van der Waals surface area contributed by atoms with Crippen LogP contribution in [0.25, 0.3) is 5.57 Å². The highest BCUT2D eigenvalue weighted by Gasteiger charge is 2.31. The van der Waals surface area contributed by atoms with Crippen molar-refractivity contribution in [1.82, 2.24) is 9.80 Å². The molecule has 0 radical (unpaired) electrons. The molecule has 6 heteroatoms. The summed E-state index contributed by atoms with van der Waals surface area (Å²) in [6, 6.07) is 5.22. The van der Waals surface area contributed by atoms with Gasteiger partial charge in [0.15, 0.2) is 0 Å². The average Bonchev–Trinajstić information content (AvgIpc) is 3.10. The van der Waals surface area contributed by atoms with Gasteiger partial charge in [0.25, 0.3) is 0 Å². The largest absolute Gasteiger partial charge is 0.416 e. The summed E-state index contributed by atoms with van der Waals surface area (Å²) >= 11 is 0. The van der Waals surface area contributed by atoms with Gasteiger partial charge in [0.1, 0.15) is 0 Å². The molecule has 2 aliphatic heterocycles. The van der Waals surface area contributed by atoms with E-state index in [9.17, 15) is 18.0 Å². The van der Waals surface area contributed by atoms with Crippen LogP contribution < -0.4 is 0 Å². The zero-order valence-corrected chi connectivity index (χ0v) is 15.8. The highest BCUT2D eigenvalue weighted by atomic mass is 19.4. The van der Waals surface area contributed by atoms with Gasteiger partial charge < -0.3 is 9.80 Å². The van der Waals surface area contributed by atoms with Gasteiger partial charge in [0.05, 0.1) is 5.56 Å². The molecule has 0 aliphatic carbocycles. The molecular formula is C21H27F3N2O. The van der Waals surface area contributed by atoms with Crippen molar-refractivity contribution in [3.63, 3.8) is 0 Å². The SMILES string of the molecule is C/C(=C\C(=O)N1CCC[C@H]1CN1CCCCC1)c1ccc(C(F)(F)F)cc1. The molecule has 2 saturated heterocycles. The number of piperidine rings is 1. The minimum absolute atomic E-state index is 0.0353. The summed E-state index contributed by atoms with van der Waals surface area (Å²) in [6.45, 7) is 5.68. The predicted molar refractivity (Wildman–Crippen MR) is 100 cm³/mol. The smallest absolute Gasteiger partial charge is 0.335 e. The molecule has 148 valence electrons. The fourth-order valence-electron chi connectivity index (χ4n) is 4.03. The monoisotopic (exact) mass is 380 g/mol. The first-order valence-corrected chi connectivity index (χ1v) is 9.73. The summed E-state index contributed by atoms with van der Waals surface area (Å²) in [5.74, 6) is -0.0353. The van der Waals surface area contributed by atoms with Gasteiger partial charge in [-0.15, -0.1) is 0 Å². The molecular weight excluding hydrogens is 353 g/mol. The van der Waals surface area contributed by atoms with Gasteiger partial charge >= 0.3 is 6.18 Å². The van der Waals surface area contributed by atoms with Gasteiger partial charge in [-0.05, 0) is 69.0 Å². The molecule has 2 heterocycles. The summed E-state index contributed by atoms with van der Waals surface area (Å²) < 4.78 is 38.1. The Morgan fingerprint density at radius 3 is 2.37 bits per heavy atom. The van der Waals surface area contributed by atoms with E-state index in [1.807, 2.05) is 4.90 Å². The molecule has 2 aliphatic rings. The maximum absolute atomic E-state index is 12.8. The standard InChI is InChI=1S/C21H27F3N2O/c1-16(17-7-9-18(10-8-17)21(22,23)24)14-20(27)26-13-5-6-19(26)15-25-11-3-2-4-12-25/h7-10,14,19H,2-6,11-13,15H2,1H3/b16-14+/t19-/m0/s1. The topological polar surface area (TPSA) is 23.6 Å². The molecule has 3 rings (SSSR count). The van der Waals surface area contributed by atoms with Gasteiger partial charge in [-0.2, -0.15) is 13.2 Å². The number of halogens is 3. The van der Waals surface area contributed by atoms with E-state index in [1.165, 1.54) is 31.4 Å². The number of hydrogen-bond acceptors (Lipinski definition) is 2. The number of rotatable bonds is 4. The first-order valence-electron chi connectivity index (χ1n) is 9.73. The third kappa shape index (κ3) is 5.12. The fourth-order valence-corrected chi connectivity index (χ4v) is 4.03. The summed E-state index contributed by atoms with van der Waals surface area (Å²) in [6.07, 6.45) is 3.01. The van der Waals surface area contributed by atoms with Crippen molar-refractivity contribution in [2.24, 2.45) is 0 Å². The molecule has 1 aromatic carbocycles. The van der Waals surface area contributed by atoms with E-state index < -0.39 is 11.7 Å². The minimum Gasteiger partial charge on any atom is -0.335 e. The van der Waals surface area contributed by atoms with Gasteiger partial charge in [0.2, 0.25) is 5.91 Å². The number of carbonyl (C=O) groups excluding carboxylic acids is 1. The summed E-state index contributed by atoms with van der Waals surface area (Å²) in [4.78, 5) is 17.1. The summed E-state index contributed by atoms with van der Waals surface area (Å²) in [5, 5.41) is 0. The second-order valence-corrected chi connectivity index (χ2v) is 7.59. The predicted octanol–water partition coefficient (Wildman–Crippen LogP) is 4.59. The molecule has 0 aromatic heterocycles. The molecule has 1 aromatic rings. The highest BCUT2D eigenvalue weighted by Crippen LogP contribution is 2.30. The van der Waals surface area contributed by atoms with Crippen molar-refractivity contribution < 1.29 is 18.0 Å². The van der Waals surface area contributed by atoms with Crippen LogP contribution in [0.15, 0.2) is 30.3 Å². The second kappa shape index (κ2) is 8.46. The Labute approximate surface area is 158 Å². The fraction of sp³-hybridized carbons (Fsp3) is 0.571. The number of nitrogens with zero attached hydrogens (tertiary/aromatic N) is 2. The van der Waals surface area contributed by atoms with Crippen molar-refractivity contribution in [2.75, 3.05) is 26.2 Å². The van der Waals surface area contributed by atoms with E-state index in [-0.39, 0.29) is 11.9 Å². The van der Waals surface area contributed by atoms with Crippen molar-refractivity contribution >= 4 is 11.5 Å². The maximum atomic E-state index is 12.8. The Bertz CT molecular complexity index is 676. The van der Waals surface area contributed by atoms with E-state index in [0.29, 0.717) is 11.1 Å². The van der Waals surface area contributed by atoms with Crippen molar-refractivity contribution in [2.45, 2.75) is 51.2 Å². The van der Waals surface area contributed by atoms with E-state index in [4.69, 9.17) is 0 Å². The molecule has 0 bridgehead atoms. The van der Waals surface area contributed by atoms with Crippen LogP contribution in [0.5, 0.6) is 0 Å².